The Morgan fingerprint density at radius 2 is 2.19 bits per heavy atom. The minimum atomic E-state index is -3.86. The van der Waals surface area contributed by atoms with Crippen LogP contribution >= 0.6 is 0 Å². The van der Waals surface area contributed by atoms with E-state index in [0.29, 0.717) is 24.2 Å². The fraction of sp³-hybridized carbons (Fsp3) is 0.588. The van der Waals surface area contributed by atoms with Gasteiger partial charge in [-0.3, -0.25) is 9.69 Å². The number of nitrogens with one attached hydrogen (secondary N) is 1. The smallest absolute Gasteiger partial charge is 0.251 e. The predicted molar refractivity (Wildman–Crippen MR) is 95.2 cm³/mol. The summed E-state index contributed by atoms with van der Waals surface area (Å²) in [7, 11) is -3.86. The number of amides is 1. The van der Waals surface area contributed by atoms with Gasteiger partial charge >= 0.3 is 0 Å². The van der Waals surface area contributed by atoms with Gasteiger partial charge in [-0.2, -0.15) is 0 Å². The van der Waals surface area contributed by atoms with Crippen molar-refractivity contribution >= 4 is 15.9 Å². The summed E-state index contributed by atoms with van der Waals surface area (Å²) in [6, 6.07) is 4.53. The van der Waals surface area contributed by atoms with Crippen molar-refractivity contribution in [3.8, 4) is 0 Å². The van der Waals surface area contributed by atoms with Crippen LogP contribution in [-0.2, 0) is 14.8 Å². The maximum atomic E-state index is 12.6. The number of nitrogens with two attached hydrogens (primary N) is 1. The van der Waals surface area contributed by atoms with E-state index >= 15 is 0 Å². The number of nitrogens with zero attached hydrogens (tertiary/aromatic N) is 1. The van der Waals surface area contributed by atoms with Crippen molar-refractivity contribution in [2.24, 2.45) is 5.14 Å². The molecule has 0 aromatic heterocycles. The van der Waals surface area contributed by atoms with Crippen LogP contribution < -0.4 is 10.5 Å². The number of hydrogen-bond donors (Lipinski definition) is 3. The lowest BCUT2D eigenvalue weighted by atomic mass is 10.1. The third-order valence-corrected chi connectivity index (χ3v) is 5.97. The van der Waals surface area contributed by atoms with Gasteiger partial charge in [0, 0.05) is 37.3 Å². The van der Waals surface area contributed by atoms with Crippen LogP contribution in [0.2, 0.25) is 0 Å². The molecule has 0 radical (unpaired) electrons. The number of hydrogen-bond acceptors (Lipinski definition) is 6. The number of sulfonamides is 1. The number of carbonyl (C=O) groups is 1. The molecule has 1 aromatic rings. The van der Waals surface area contributed by atoms with E-state index < -0.39 is 10.0 Å². The molecule has 2 aliphatic heterocycles. The first-order chi connectivity index (χ1) is 12.3. The van der Waals surface area contributed by atoms with Crippen molar-refractivity contribution in [1.82, 2.24) is 10.2 Å². The molecule has 3 atom stereocenters. The topological polar surface area (TPSA) is 122 Å². The number of rotatable bonds is 5. The zero-order valence-electron chi connectivity index (χ0n) is 14.7. The summed E-state index contributed by atoms with van der Waals surface area (Å²) < 4.78 is 28.8. The van der Waals surface area contributed by atoms with Gasteiger partial charge in [0.2, 0.25) is 10.0 Å². The van der Waals surface area contributed by atoms with Crippen molar-refractivity contribution in [2.75, 3.05) is 26.3 Å². The first-order valence-electron chi connectivity index (χ1n) is 8.68. The van der Waals surface area contributed by atoms with E-state index in [1.54, 1.807) is 13.0 Å². The lowest BCUT2D eigenvalue weighted by Gasteiger charge is -2.34. The van der Waals surface area contributed by atoms with Gasteiger partial charge < -0.3 is 15.2 Å². The first kappa shape index (κ1) is 19.2. The fourth-order valence-electron chi connectivity index (χ4n) is 3.65. The Kier molecular flexibility index (Phi) is 5.64. The van der Waals surface area contributed by atoms with Crippen LogP contribution in [0.25, 0.3) is 0 Å². The lowest BCUT2D eigenvalue weighted by molar-refractivity contribution is -0.0566. The number of morpholine rings is 1. The molecular formula is C17H25N3O5S. The molecule has 0 saturated carbocycles. The van der Waals surface area contributed by atoms with E-state index in [-0.39, 0.29) is 35.6 Å². The molecule has 2 heterocycles. The summed E-state index contributed by atoms with van der Waals surface area (Å²) in [5.41, 5.74) is 1.01. The van der Waals surface area contributed by atoms with Crippen molar-refractivity contribution in [2.45, 2.75) is 42.8 Å². The lowest BCUT2D eigenvalue weighted by Crippen LogP contribution is -2.46. The molecule has 1 amide bonds. The highest BCUT2D eigenvalue weighted by Gasteiger charge is 2.37. The second kappa shape index (κ2) is 7.61. The first-order valence-corrected chi connectivity index (χ1v) is 10.2. The largest absolute Gasteiger partial charge is 0.396 e. The molecule has 9 heteroatoms. The van der Waals surface area contributed by atoms with Gasteiger partial charge in [0.25, 0.3) is 5.91 Å². The number of aryl methyl sites for hydroxylation is 1. The van der Waals surface area contributed by atoms with E-state index in [1.807, 2.05) is 0 Å². The second-order valence-corrected chi connectivity index (χ2v) is 8.56. The van der Waals surface area contributed by atoms with E-state index in [9.17, 15) is 13.2 Å². The van der Waals surface area contributed by atoms with Crippen LogP contribution in [0, 0.1) is 6.92 Å². The van der Waals surface area contributed by atoms with Crippen molar-refractivity contribution < 1.29 is 23.1 Å². The number of ether oxygens (including phenoxy) is 1. The number of fused-ring (bicyclic) bond motifs is 1. The predicted octanol–water partition coefficient (Wildman–Crippen LogP) is -0.404. The average molecular weight is 383 g/mol. The molecule has 0 bridgehead atoms. The number of carbonyl (C=O) groups excluding carboxylic acids is 1. The van der Waals surface area contributed by atoms with Gasteiger partial charge in [0.05, 0.1) is 17.6 Å². The Balaban J connectivity index is 1.66. The van der Waals surface area contributed by atoms with Crippen LogP contribution in [0.1, 0.15) is 28.8 Å². The van der Waals surface area contributed by atoms with Gasteiger partial charge in [0.1, 0.15) is 0 Å². The fourth-order valence-corrected chi connectivity index (χ4v) is 4.19. The summed E-state index contributed by atoms with van der Waals surface area (Å²) in [6.45, 7) is 3.92. The Hall–Kier alpha value is -1.52. The van der Waals surface area contributed by atoms with Crippen molar-refractivity contribution in [1.29, 1.82) is 0 Å². The molecule has 1 aromatic carbocycles. The summed E-state index contributed by atoms with van der Waals surface area (Å²) in [5, 5.41) is 17.2. The molecule has 0 spiro atoms. The zero-order valence-corrected chi connectivity index (χ0v) is 15.5. The molecule has 0 aliphatic carbocycles. The summed E-state index contributed by atoms with van der Waals surface area (Å²) in [6.07, 6.45) is 1.42. The Morgan fingerprint density at radius 3 is 2.88 bits per heavy atom. The highest BCUT2D eigenvalue weighted by Crippen LogP contribution is 2.25. The SMILES string of the molecule is Cc1ccc(S(N)(=O)=O)cc1C(=O)N[C@H]1C[C@H]2CO[C@@H](CCO)CN2C1. The van der Waals surface area contributed by atoms with Crippen molar-refractivity contribution in [3.63, 3.8) is 0 Å². The van der Waals surface area contributed by atoms with Crippen LogP contribution in [0.4, 0.5) is 0 Å². The minimum absolute atomic E-state index is 0.0264. The third kappa shape index (κ3) is 4.24. The summed E-state index contributed by atoms with van der Waals surface area (Å²) >= 11 is 0. The van der Waals surface area contributed by atoms with E-state index in [4.69, 9.17) is 15.0 Å². The molecule has 26 heavy (non-hydrogen) atoms. The molecule has 2 saturated heterocycles. The van der Waals surface area contributed by atoms with Crippen molar-refractivity contribution in [3.05, 3.63) is 29.3 Å². The second-order valence-electron chi connectivity index (χ2n) is 7.00. The molecule has 3 rings (SSSR count). The van der Waals surface area contributed by atoms with Gasteiger partial charge in [-0.25, -0.2) is 13.6 Å². The maximum absolute atomic E-state index is 12.6. The number of benzene rings is 1. The number of aliphatic hydroxyl groups is 1. The van der Waals surface area contributed by atoms with E-state index in [2.05, 4.69) is 10.2 Å². The minimum Gasteiger partial charge on any atom is -0.396 e. The summed E-state index contributed by atoms with van der Waals surface area (Å²) in [5.74, 6) is -0.300. The highest BCUT2D eigenvalue weighted by molar-refractivity contribution is 7.89. The van der Waals surface area contributed by atoms with Crippen LogP contribution in [0.5, 0.6) is 0 Å². The average Bonchev–Trinajstić information content (AvgIpc) is 2.95. The zero-order chi connectivity index (χ0) is 18.9. The maximum Gasteiger partial charge on any atom is 0.251 e. The van der Waals surface area contributed by atoms with Gasteiger partial charge in [-0.15, -0.1) is 0 Å². The highest BCUT2D eigenvalue weighted by atomic mass is 32.2. The molecule has 8 nitrogen and oxygen atoms in total. The monoisotopic (exact) mass is 383 g/mol. The van der Waals surface area contributed by atoms with Crippen LogP contribution in [0.15, 0.2) is 23.1 Å². The number of aliphatic hydroxyl groups excluding tert-OH is 1. The summed E-state index contributed by atoms with van der Waals surface area (Å²) in [4.78, 5) is 14.9. The van der Waals surface area contributed by atoms with Crippen LogP contribution in [0.3, 0.4) is 0 Å². The third-order valence-electron chi connectivity index (χ3n) is 5.06. The van der Waals surface area contributed by atoms with Gasteiger partial charge in [-0.1, -0.05) is 6.07 Å². The normalized spacial score (nSPS) is 26.5. The Morgan fingerprint density at radius 1 is 1.42 bits per heavy atom. The van der Waals surface area contributed by atoms with Crippen LogP contribution in [-0.4, -0.2) is 68.8 Å². The standard InChI is InChI=1S/C17H25N3O5S/c1-11-2-3-15(26(18,23)24)7-16(11)17(22)19-12-6-13-10-25-14(4-5-21)9-20(13)8-12/h2-3,7,12-14,21H,4-6,8-10H2,1H3,(H,19,22)(H2,18,23,24)/t12-,13-,14-/m0/s1. The Labute approximate surface area is 153 Å². The molecule has 4 N–H and O–H groups in total. The van der Waals surface area contributed by atoms with Gasteiger partial charge in [0.15, 0.2) is 0 Å². The molecule has 144 valence electrons. The quantitative estimate of drug-likeness (QED) is 0.636. The molecule has 0 unspecified atom stereocenters. The van der Waals surface area contributed by atoms with E-state index in [1.165, 1.54) is 12.1 Å². The van der Waals surface area contributed by atoms with Gasteiger partial charge in [-0.05, 0) is 37.5 Å². The molecular weight excluding hydrogens is 358 g/mol. The molecule has 2 aliphatic rings. The molecule has 2 fully saturated rings. The Bertz CT molecular complexity index is 783. The number of primary sulfonamides is 1. The van der Waals surface area contributed by atoms with E-state index in [0.717, 1.165) is 19.5 Å².